The monoisotopic (exact) mass is 497 g/mol. The fourth-order valence-corrected chi connectivity index (χ4v) is 4.78. The SMILES string of the molecule is C[C@@H]1C(=NNC(=S)Nc2ccccc2)[C@@H](C)[C@H](c2cccc(Cl)c2)O[C@@H]1c1cccc(Cl)c1. The molecule has 1 aliphatic rings. The summed E-state index contributed by atoms with van der Waals surface area (Å²) in [6.45, 7) is 4.23. The van der Waals surface area contributed by atoms with Gasteiger partial charge < -0.3 is 10.1 Å². The Labute approximate surface area is 210 Å². The molecule has 0 unspecified atom stereocenters. The van der Waals surface area contributed by atoms with Crippen LogP contribution in [0.3, 0.4) is 0 Å². The summed E-state index contributed by atoms with van der Waals surface area (Å²) in [6, 6.07) is 25.3. The van der Waals surface area contributed by atoms with Crippen molar-refractivity contribution in [1.29, 1.82) is 0 Å². The third kappa shape index (κ3) is 5.74. The van der Waals surface area contributed by atoms with Crippen molar-refractivity contribution in [2.75, 3.05) is 5.32 Å². The number of hydrazone groups is 1. The Morgan fingerprint density at radius 3 is 1.88 bits per heavy atom. The highest BCUT2D eigenvalue weighted by Gasteiger charge is 2.40. The van der Waals surface area contributed by atoms with Gasteiger partial charge in [-0.1, -0.05) is 79.5 Å². The normalized spacial score (nSPS) is 23.8. The van der Waals surface area contributed by atoms with Crippen molar-refractivity contribution in [2.45, 2.75) is 26.1 Å². The summed E-state index contributed by atoms with van der Waals surface area (Å²) < 4.78 is 6.65. The quantitative estimate of drug-likeness (QED) is 0.290. The van der Waals surface area contributed by atoms with E-state index in [4.69, 9.17) is 45.3 Å². The third-order valence-electron chi connectivity index (χ3n) is 5.81. The molecular weight excluding hydrogens is 473 g/mol. The largest absolute Gasteiger partial charge is 0.364 e. The standard InChI is InChI=1S/C26H25Cl2N3OS/c1-16-23(30-31-26(33)29-22-12-4-3-5-13-22)17(2)25(19-9-7-11-21(28)15-19)32-24(16)18-8-6-10-20(27)14-18/h3-17,24-25H,1-2H3,(H2,29,31,33)/t16-,17-,24-,25+/m1/s1. The zero-order chi connectivity index (χ0) is 23.4. The van der Waals surface area contributed by atoms with Gasteiger partial charge in [-0.25, -0.2) is 0 Å². The number of hydrogen-bond donors (Lipinski definition) is 2. The van der Waals surface area contributed by atoms with Gasteiger partial charge in [0.2, 0.25) is 0 Å². The molecule has 0 aromatic heterocycles. The second-order valence-corrected chi connectivity index (χ2v) is 9.41. The summed E-state index contributed by atoms with van der Waals surface area (Å²) in [5.74, 6) is 0.00172. The molecule has 0 bridgehead atoms. The minimum atomic E-state index is -0.222. The first kappa shape index (κ1) is 23.7. The van der Waals surface area contributed by atoms with Crippen molar-refractivity contribution in [2.24, 2.45) is 16.9 Å². The third-order valence-corrected chi connectivity index (χ3v) is 6.47. The molecule has 4 rings (SSSR count). The number of nitrogens with zero attached hydrogens (tertiary/aromatic N) is 1. The van der Waals surface area contributed by atoms with Gasteiger partial charge in [-0.2, -0.15) is 5.10 Å². The first-order valence-electron chi connectivity index (χ1n) is 10.8. The fraction of sp³-hybridized carbons (Fsp3) is 0.231. The van der Waals surface area contributed by atoms with Crippen molar-refractivity contribution < 1.29 is 4.74 Å². The zero-order valence-corrected chi connectivity index (χ0v) is 20.7. The van der Waals surface area contributed by atoms with E-state index in [0.717, 1.165) is 22.5 Å². The number of ether oxygens (including phenoxy) is 1. The lowest BCUT2D eigenvalue weighted by molar-refractivity contribution is -0.0637. The average molecular weight is 498 g/mol. The van der Waals surface area contributed by atoms with Crippen LogP contribution in [0.4, 0.5) is 5.69 Å². The number of benzene rings is 3. The van der Waals surface area contributed by atoms with Crippen LogP contribution in [-0.2, 0) is 4.74 Å². The Morgan fingerprint density at radius 2 is 1.36 bits per heavy atom. The fourth-order valence-electron chi connectivity index (χ4n) is 4.22. The molecule has 4 atom stereocenters. The zero-order valence-electron chi connectivity index (χ0n) is 18.3. The number of nitrogens with one attached hydrogen (secondary N) is 2. The van der Waals surface area contributed by atoms with Gasteiger partial charge in [0.15, 0.2) is 5.11 Å². The van der Waals surface area contributed by atoms with Crippen molar-refractivity contribution in [3.63, 3.8) is 0 Å². The van der Waals surface area contributed by atoms with Crippen LogP contribution >= 0.6 is 35.4 Å². The first-order valence-corrected chi connectivity index (χ1v) is 11.9. The first-order chi connectivity index (χ1) is 15.9. The molecule has 1 heterocycles. The minimum absolute atomic E-state index is 0.000858. The second kappa shape index (κ2) is 10.7. The van der Waals surface area contributed by atoms with E-state index in [9.17, 15) is 0 Å². The smallest absolute Gasteiger partial charge is 0.191 e. The van der Waals surface area contributed by atoms with E-state index in [2.05, 4.69) is 24.6 Å². The van der Waals surface area contributed by atoms with Crippen LogP contribution in [0.2, 0.25) is 10.0 Å². The van der Waals surface area contributed by atoms with Crippen LogP contribution in [0, 0.1) is 11.8 Å². The molecule has 3 aromatic carbocycles. The Bertz CT molecular complexity index is 1100. The summed E-state index contributed by atoms with van der Waals surface area (Å²) >= 11 is 18.0. The Hall–Kier alpha value is -2.44. The number of halogens is 2. The molecule has 33 heavy (non-hydrogen) atoms. The van der Waals surface area contributed by atoms with E-state index in [-0.39, 0.29) is 24.0 Å². The molecular formula is C26H25Cl2N3OS. The van der Waals surface area contributed by atoms with E-state index in [1.807, 2.05) is 78.9 Å². The van der Waals surface area contributed by atoms with E-state index in [1.54, 1.807) is 0 Å². The highest BCUT2D eigenvalue weighted by molar-refractivity contribution is 7.80. The maximum atomic E-state index is 6.65. The maximum absolute atomic E-state index is 6.65. The number of para-hydroxylation sites is 1. The van der Waals surface area contributed by atoms with Crippen LogP contribution in [0.5, 0.6) is 0 Å². The average Bonchev–Trinajstić information content (AvgIpc) is 2.80. The number of rotatable bonds is 4. The number of anilines is 1. The molecule has 3 aromatic rings. The van der Waals surface area contributed by atoms with Gasteiger partial charge in [0.1, 0.15) is 0 Å². The summed E-state index contributed by atoms with van der Waals surface area (Å²) in [6.07, 6.45) is -0.444. The second-order valence-electron chi connectivity index (χ2n) is 8.13. The van der Waals surface area contributed by atoms with Gasteiger partial charge in [0.25, 0.3) is 0 Å². The van der Waals surface area contributed by atoms with E-state index in [1.165, 1.54) is 0 Å². The molecule has 170 valence electrons. The van der Waals surface area contributed by atoms with E-state index < -0.39 is 0 Å². The van der Waals surface area contributed by atoms with Crippen LogP contribution < -0.4 is 10.7 Å². The molecule has 0 radical (unpaired) electrons. The highest BCUT2D eigenvalue weighted by atomic mass is 35.5. The minimum Gasteiger partial charge on any atom is -0.364 e. The lowest BCUT2D eigenvalue weighted by Gasteiger charge is -2.40. The lowest BCUT2D eigenvalue weighted by Crippen LogP contribution is -2.40. The van der Waals surface area contributed by atoms with E-state index >= 15 is 0 Å². The van der Waals surface area contributed by atoms with Gasteiger partial charge in [-0.15, -0.1) is 0 Å². The summed E-state index contributed by atoms with van der Waals surface area (Å²) in [7, 11) is 0. The molecule has 0 aliphatic carbocycles. The summed E-state index contributed by atoms with van der Waals surface area (Å²) in [4.78, 5) is 0. The molecule has 0 saturated carbocycles. The lowest BCUT2D eigenvalue weighted by atomic mass is 9.79. The van der Waals surface area contributed by atoms with Gasteiger partial charge in [0, 0.05) is 33.3 Å². The van der Waals surface area contributed by atoms with Gasteiger partial charge in [-0.3, -0.25) is 5.43 Å². The van der Waals surface area contributed by atoms with Crippen LogP contribution in [-0.4, -0.2) is 10.8 Å². The maximum Gasteiger partial charge on any atom is 0.191 e. The highest BCUT2D eigenvalue weighted by Crippen LogP contribution is 2.44. The van der Waals surface area contributed by atoms with Crippen LogP contribution in [0.25, 0.3) is 0 Å². The number of thiocarbonyl (C=S) groups is 1. The molecule has 1 aliphatic heterocycles. The Morgan fingerprint density at radius 1 is 0.818 bits per heavy atom. The van der Waals surface area contributed by atoms with Crippen molar-refractivity contribution in [3.05, 3.63) is 100 Å². The van der Waals surface area contributed by atoms with Gasteiger partial charge >= 0.3 is 0 Å². The van der Waals surface area contributed by atoms with E-state index in [0.29, 0.717) is 15.2 Å². The van der Waals surface area contributed by atoms with Crippen molar-refractivity contribution in [1.82, 2.24) is 5.43 Å². The molecule has 2 N–H and O–H groups in total. The predicted octanol–water partition coefficient (Wildman–Crippen LogP) is 7.42. The van der Waals surface area contributed by atoms with Gasteiger partial charge in [0.05, 0.1) is 12.2 Å². The molecule has 0 spiro atoms. The molecule has 1 fully saturated rings. The molecule has 1 saturated heterocycles. The van der Waals surface area contributed by atoms with Crippen molar-refractivity contribution in [3.8, 4) is 0 Å². The predicted molar refractivity (Wildman–Crippen MR) is 141 cm³/mol. The topological polar surface area (TPSA) is 45.7 Å². The molecule has 7 heteroatoms. The number of hydrogen-bond acceptors (Lipinski definition) is 3. The molecule has 4 nitrogen and oxygen atoms in total. The molecule has 0 amide bonds. The Balaban J connectivity index is 1.64. The van der Waals surface area contributed by atoms with Gasteiger partial charge in [-0.05, 0) is 59.7 Å². The Kier molecular flexibility index (Phi) is 7.66. The summed E-state index contributed by atoms with van der Waals surface area (Å²) in [5, 5.41) is 9.69. The summed E-state index contributed by atoms with van der Waals surface area (Å²) in [5.41, 5.74) is 6.91. The van der Waals surface area contributed by atoms with Crippen LogP contribution in [0.15, 0.2) is 84.0 Å². The van der Waals surface area contributed by atoms with Crippen LogP contribution in [0.1, 0.15) is 37.2 Å². The van der Waals surface area contributed by atoms with Crippen molar-refractivity contribution >= 4 is 51.9 Å².